The molecule has 0 radical (unpaired) electrons. The molecular weight excluding hydrogens is 285 g/mol. The van der Waals surface area contributed by atoms with Crippen LogP contribution in [0.1, 0.15) is 5.69 Å². The van der Waals surface area contributed by atoms with Crippen molar-refractivity contribution in [2.45, 2.75) is 13.5 Å². The van der Waals surface area contributed by atoms with Crippen molar-refractivity contribution in [1.82, 2.24) is 9.55 Å². The lowest BCUT2D eigenvalue weighted by Crippen LogP contribution is -2.30. The third kappa shape index (κ3) is 2.27. The summed E-state index contributed by atoms with van der Waals surface area (Å²) in [6, 6.07) is 0. The number of nitrogens with two attached hydrogens (primary N) is 1. The van der Waals surface area contributed by atoms with Crippen LogP contribution in [-0.2, 0) is 11.3 Å². The van der Waals surface area contributed by atoms with Crippen LogP contribution in [0.4, 0.5) is 0 Å². The van der Waals surface area contributed by atoms with E-state index in [1.807, 2.05) is 22.6 Å². The Morgan fingerprint density at radius 3 is 2.92 bits per heavy atom. The van der Waals surface area contributed by atoms with Crippen molar-refractivity contribution in [3.05, 3.63) is 25.9 Å². The molecule has 1 amide bonds. The minimum absolute atomic E-state index is 0.123. The van der Waals surface area contributed by atoms with E-state index in [1.165, 1.54) is 10.9 Å². The maximum atomic E-state index is 11.4. The summed E-state index contributed by atoms with van der Waals surface area (Å²) in [7, 11) is 0. The second kappa shape index (κ2) is 3.86. The molecule has 0 fully saturated rings. The summed E-state index contributed by atoms with van der Waals surface area (Å²) in [5.74, 6) is -0.552. The molecule has 0 aromatic carbocycles. The van der Waals surface area contributed by atoms with Gasteiger partial charge in [0.1, 0.15) is 6.54 Å². The van der Waals surface area contributed by atoms with Crippen LogP contribution in [0.25, 0.3) is 0 Å². The van der Waals surface area contributed by atoms with Crippen LogP contribution in [0.5, 0.6) is 0 Å². The molecule has 5 nitrogen and oxygen atoms in total. The molecular formula is C7H8IN3O2. The molecule has 0 spiro atoms. The average molecular weight is 293 g/mol. The number of carbonyl (C=O) groups is 1. The van der Waals surface area contributed by atoms with Gasteiger partial charge in [0.2, 0.25) is 5.91 Å². The second-order valence-corrected chi connectivity index (χ2v) is 3.62. The number of hydrogen-bond acceptors (Lipinski definition) is 3. The zero-order valence-electron chi connectivity index (χ0n) is 6.95. The topological polar surface area (TPSA) is 78.0 Å². The van der Waals surface area contributed by atoms with E-state index >= 15 is 0 Å². The van der Waals surface area contributed by atoms with E-state index in [0.717, 1.165) is 0 Å². The maximum Gasteiger partial charge on any atom is 0.267 e. The zero-order chi connectivity index (χ0) is 10.0. The Hall–Kier alpha value is -0.920. The van der Waals surface area contributed by atoms with E-state index in [1.54, 1.807) is 6.92 Å². The Morgan fingerprint density at radius 2 is 2.38 bits per heavy atom. The molecule has 0 unspecified atom stereocenters. The maximum absolute atomic E-state index is 11.4. The summed E-state index contributed by atoms with van der Waals surface area (Å²) >= 11 is 1.89. The number of hydrogen-bond donors (Lipinski definition) is 1. The van der Waals surface area contributed by atoms with Crippen molar-refractivity contribution in [2.24, 2.45) is 5.73 Å². The third-order valence-corrected chi connectivity index (χ3v) is 2.73. The molecule has 0 atom stereocenters. The summed E-state index contributed by atoms with van der Waals surface area (Å²) < 4.78 is 1.71. The normalized spacial score (nSPS) is 10.0. The van der Waals surface area contributed by atoms with E-state index < -0.39 is 5.91 Å². The molecule has 6 heteroatoms. The molecule has 13 heavy (non-hydrogen) atoms. The number of rotatable bonds is 2. The number of aromatic nitrogens is 2. The van der Waals surface area contributed by atoms with Crippen molar-refractivity contribution in [3.63, 3.8) is 0 Å². The standard InChI is InChI=1S/C7H8IN3O2/c1-4-6(8)7(13)11(3-10-4)2-5(9)12/h3H,2H2,1H3,(H2,9,12). The lowest BCUT2D eigenvalue weighted by atomic mass is 10.4. The van der Waals surface area contributed by atoms with E-state index in [2.05, 4.69) is 4.98 Å². The molecule has 0 saturated carbocycles. The number of primary amides is 1. The Balaban J connectivity index is 3.19. The summed E-state index contributed by atoms with van der Waals surface area (Å²) in [6.07, 6.45) is 1.32. The van der Waals surface area contributed by atoms with Gasteiger partial charge in [0.15, 0.2) is 0 Å². The van der Waals surface area contributed by atoms with E-state index in [0.29, 0.717) is 9.26 Å². The van der Waals surface area contributed by atoms with Gasteiger partial charge < -0.3 is 5.73 Å². The monoisotopic (exact) mass is 293 g/mol. The van der Waals surface area contributed by atoms with Crippen LogP contribution >= 0.6 is 22.6 Å². The Morgan fingerprint density at radius 1 is 1.77 bits per heavy atom. The van der Waals surface area contributed by atoms with Gasteiger partial charge in [0, 0.05) is 0 Å². The van der Waals surface area contributed by atoms with Crippen molar-refractivity contribution in [3.8, 4) is 0 Å². The summed E-state index contributed by atoms with van der Waals surface area (Å²) in [5.41, 5.74) is 5.38. The van der Waals surface area contributed by atoms with E-state index in [4.69, 9.17) is 5.73 Å². The van der Waals surface area contributed by atoms with Gasteiger partial charge in [-0.25, -0.2) is 4.98 Å². The summed E-state index contributed by atoms with van der Waals surface area (Å²) in [6.45, 7) is 1.61. The van der Waals surface area contributed by atoms with Gasteiger partial charge in [0.05, 0.1) is 15.6 Å². The Kier molecular flexibility index (Phi) is 3.02. The first-order valence-electron chi connectivity index (χ1n) is 3.52. The SMILES string of the molecule is Cc1ncn(CC(N)=O)c(=O)c1I. The number of carbonyl (C=O) groups excluding carboxylic acids is 1. The lowest BCUT2D eigenvalue weighted by Gasteiger charge is -2.03. The van der Waals surface area contributed by atoms with Gasteiger partial charge in [-0.1, -0.05) is 0 Å². The van der Waals surface area contributed by atoms with Crippen molar-refractivity contribution in [1.29, 1.82) is 0 Å². The number of halogens is 1. The summed E-state index contributed by atoms with van der Waals surface area (Å²) in [5, 5.41) is 0. The highest BCUT2D eigenvalue weighted by Gasteiger charge is 2.06. The van der Waals surface area contributed by atoms with Crippen molar-refractivity contribution < 1.29 is 4.79 Å². The lowest BCUT2D eigenvalue weighted by molar-refractivity contribution is -0.118. The highest BCUT2D eigenvalue weighted by molar-refractivity contribution is 14.1. The van der Waals surface area contributed by atoms with Gasteiger partial charge in [-0.3, -0.25) is 14.2 Å². The minimum Gasteiger partial charge on any atom is -0.368 e. The largest absolute Gasteiger partial charge is 0.368 e. The molecule has 0 saturated heterocycles. The van der Waals surface area contributed by atoms with Crippen LogP contribution in [0.2, 0.25) is 0 Å². The molecule has 1 heterocycles. The van der Waals surface area contributed by atoms with E-state index in [-0.39, 0.29) is 12.1 Å². The van der Waals surface area contributed by atoms with Crippen LogP contribution in [-0.4, -0.2) is 15.5 Å². The van der Waals surface area contributed by atoms with Crippen LogP contribution in [0.3, 0.4) is 0 Å². The molecule has 2 N–H and O–H groups in total. The summed E-state index contributed by atoms with van der Waals surface area (Å²) in [4.78, 5) is 25.9. The highest BCUT2D eigenvalue weighted by atomic mass is 127. The second-order valence-electron chi connectivity index (χ2n) is 2.54. The first kappa shape index (κ1) is 10.2. The Bertz CT molecular complexity index is 399. The van der Waals surface area contributed by atoms with Gasteiger partial charge in [-0.15, -0.1) is 0 Å². The fraction of sp³-hybridized carbons (Fsp3) is 0.286. The third-order valence-electron chi connectivity index (χ3n) is 1.48. The first-order valence-corrected chi connectivity index (χ1v) is 4.60. The fourth-order valence-electron chi connectivity index (χ4n) is 0.827. The molecule has 1 rings (SSSR count). The fourth-order valence-corrected chi connectivity index (χ4v) is 1.28. The van der Waals surface area contributed by atoms with Gasteiger partial charge >= 0.3 is 0 Å². The van der Waals surface area contributed by atoms with Gasteiger partial charge in [-0.05, 0) is 29.5 Å². The molecule has 0 aliphatic heterocycles. The Labute approximate surface area is 88.1 Å². The number of nitrogens with zero attached hydrogens (tertiary/aromatic N) is 2. The van der Waals surface area contributed by atoms with Crippen LogP contribution in [0.15, 0.2) is 11.1 Å². The minimum atomic E-state index is -0.552. The van der Waals surface area contributed by atoms with Gasteiger partial charge in [0.25, 0.3) is 5.56 Å². The molecule has 1 aromatic rings. The van der Waals surface area contributed by atoms with Crippen molar-refractivity contribution in [2.75, 3.05) is 0 Å². The van der Waals surface area contributed by atoms with E-state index in [9.17, 15) is 9.59 Å². The molecule has 1 aromatic heterocycles. The molecule has 0 aliphatic carbocycles. The number of amides is 1. The zero-order valence-corrected chi connectivity index (χ0v) is 9.11. The first-order chi connectivity index (χ1) is 6.02. The smallest absolute Gasteiger partial charge is 0.267 e. The van der Waals surface area contributed by atoms with Crippen molar-refractivity contribution >= 4 is 28.5 Å². The number of aryl methyl sites for hydroxylation is 1. The van der Waals surface area contributed by atoms with Crippen LogP contribution < -0.4 is 11.3 Å². The van der Waals surface area contributed by atoms with Gasteiger partial charge in [-0.2, -0.15) is 0 Å². The molecule has 0 bridgehead atoms. The average Bonchev–Trinajstić information content (AvgIpc) is 2.06. The predicted octanol–water partition coefficient (Wildman–Crippen LogP) is -0.358. The quantitative estimate of drug-likeness (QED) is 0.756. The highest BCUT2D eigenvalue weighted by Crippen LogP contribution is 2.00. The predicted molar refractivity (Wildman–Crippen MR) is 55.1 cm³/mol. The van der Waals surface area contributed by atoms with Crippen LogP contribution in [0, 0.1) is 10.5 Å². The molecule has 70 valence electrons. The molecule has 0 aliphatic rings.